The molecule has 3 aromatic heterocycles. The number of furan rings is 1. The van der Waals surface area contributed by atoms with Crippen molar-refractivity contribution in [1.82, 2.24) is 15.3 Å². The van der Waals surface area contributed by atoms with Crippen molar-refractivity contribution in [2.75, 3.05) is 5.32 Å². The van der Waals surface area contributed by atoms with Gasteiger partial charge in [0.1, 0.15) is 5.76 Å². The highest BCUT2D eigenvalue weighted by atomic mass is 32.1. The summed E-state index contributed by atoms with van der Waals surface area (Å²) in [5, 5.41) is 8.72. The standard InChI is InChI=1S/C16H16N4O3S2/c1-9-13(3-4-23-9)15(22)20-16-19-11(8-24-16)5-14(21)18-7-12-6-17-10(2)25-12/h3-4,6,8H,5,7H2,1-2H3,(H,18,21)(H,19,20,22). The largest absolute Gasteiger partial charge is 0.469 e. The van der Waals surface area contributed by atoms with E-state index in [4.69, 9.17) is 4.42 Å². The molecule has 0 aliphatic carbocycles. The molecule has 0 saturated carbocycles. The van der Waals surface area contributed by atoms with E-state index >= 15 is 0 Å². The summed E-state index contributed by atoms with van der Waals surface area (Å²) in [7, 11) is 0. The van der Waals surface area contributed by atoms with Crippen molar-refractivity contribution in [2.24, 2.45) is 0 Å². The van der Waals surface area contributed by atoms with Crippen molar-refractivity contribution in [3.8, 4) is 0 Å². The van der Waals surface area contributed by atoms with E-state index in [1.807, 2.05) is 6.92 Å². The minimum Gasteiger partial charge on any atom is -0.469 e. The fraction of sp³-hybridized carbons (Fsp3) is 0.250. The average Bonchev–Trinajstić information content (AvgIpc) is 3.28. The summed E-state index contributed by atoms with van der Waals surface area (Å²) in [6.45, 7) is 4.10. The Kier molecular flexibility index (Phi) is 5.25. The first kappa shape index (κ1) is 17.3. The van der Waals surface area contributed by atoms with Gasteiger partial charge in [0.05, 0.1) is 35.5 Å². The Bertz CT molecular complexity index is 897. The van der Waals surface area contributed by atoms with Gasteiger partial charge in [0.15, 0.2) is 5.13 Å². The summed E-state index contributed by atoms with van der Waals surface area (Å²) >= 11 is 2.83. The summed E-state index contributed by atoms with van der Waals surface area (Å²) in [4.78, 5) is 33.5. The third-order valence-electron chi connectivity index (χ3n) is 3.35. The predicted octanol–water partition coefficient (Wildman–Crippen LogP) is 2.92. The maximum Gasteiger partial charge on any atom is 0.260 e. The first-order chi connectivity index (χ1) is 12.0. The molecule has 3 aromatic rings. The van der Waals surface area contributed by atoms with Gasteiger partial charge in [-0.3, -0.25) is 14.9 Å². The summed E-state index contributed by atoms with van der Waals surface area (Å²) < 4.78 is 5.11. The molecular weight excluding hydrogens is 360 g/mol. The van der Waals surface area contributed by atoms with Gasteiger partial charge < -0.3 is 9.73 Å². The predicted molar refractivity (Wildman–Crippen MR) is 95.9 cm³/mol. The van der Waals surface area contributed by atoms with Crippen molar-refractivity contribution >= 4 is 39.6 Å². The van der Waals surface area contributed by atoms with Gasteiger partial charge >= 0.3 is 0 Å². The van der Waals surface area contributed by atoms with Crippen LogP contribution in [0.2, 0.25) is 0 Å². The van der Waals surface area contributed by atoms with Crippen LogP contribution < -0.4 is 10.6 Å². The maximum atomic E-state index is 12.1. The number of thiazole rings is 2. The number of anilines is 1. The van der Waals surface area contributed by atoms with Gasteiger partial charge in [0.25, 0.3) is 5.91 Å². The van der Waals surface area contributed by atoms with Crippen LogP contribution >= 0.6 is 22.7 Å². The van der Waals surface area contributed by atoms with Crippen LogP contribution in [0.5, 0.6) is 0 Å². The van der Waals surface area contributed by atoms with Crippen molar-refractivity contribution in [1.29, 1.82) is 0 Å². The third-order valence-corrected chi connectivity index (χ3v) is 5.07. The van der Waals surface area contributed by atoms with Gasteiger partial charge in [-0.25, -0.2) is 9.97 Å². The van der Waals surface area contributed by atoms with Crippen molar-refractivity contribution in [2.45, 2.75) is 26.8 Å². The molecule has 0 bridgehead atoms. The van der Waals surface area contributed by atoms with Crippen molar-refractivity contribution < 1.29 is 14.0 Å². The molecule has 0 fully saturated rings. The summed E-state index contributed by atoms with van der Waals surface area (Å²) in [6.07, 6.45) is 3.38. The van der Waals surface area contributed by atoms with Gasteiger partial charge in [0, 0.05) is 16.5 Å². The number of nitrogens with one attached hydrogen (secondary N) is 2. The van der Waals surface area contributed by atoms with Crippen LogP contribution in [0.4, 0.5) is 5.13 Å². The van der Waals surface area contributed by atoms with E-state index < -0.39 is 0 Å². The molecule has 0 aromatic carbocycles. The number of carbonyl (C=O) groups excluding carboxylic acids is 2. The zero-order valence-corrected chi connectivity index (χ0v) is 15.3. The Hall–Kier alpha value is -2.52. The number of aromatic nitrogens is 2. The Morgan fingerprint density at radius 3 is 2.84 bits per heavy atom. The summed E-state index contributed by atoms with van der Waals surface area (Å²) in [5.41, 5.74) is 1.08. The molecule has 3 rings (SSSR count). The Morgan fingerprint density at radius 2 is 2.16 bits per heavy atom. The van der Waals surface area contributed by atoms with E-state index in [1.165, 1.54) is 17.6 Å². The average molecular weight is 376 g/mol. The van der Waals surface area contributed by atoms with Gasteiger partial charge in [-0.05, 0) is 19.9 Å². The lowest BCUT2D eigenvalue weighted by molar-refractivity contribution is -0.120. The number of carbonyl (C=O) groups is 2. The second-order valence-corrected chi connectivity index (χ2v) is 7.47. The fourth-order valence-corrected chi connectivity index (χ4v) is 3.57. The van der Waals surface area contributed by atoms with Crippen LogP contribution in [0.25, 0.3) is 0 Å². The normalized spacial score (nSPS) is 10.6. The van der Waals surface area contributed by atoms with E-state index in [-0.39, 0.29) is 18.2 Å². The molecule has 0 radical (unpaired) electrons. The van der Waals surface area contributed by atoms with Crippen LogP contribution in [0, 0.1) is 13.8 Å². The Morgan fingerprint density at radius 1 is 1.32 bits per heavy atom. The summed E-state index contributed by atoms with van der Waals surface area (Å²) in [5.74, 6) is 0.143. The number of amides is 2. The van der Waals surface area contributed by atoms with Crippen LogP contribution in [-0.2, 0) is 17.8 Å². The molecule has 2 amide bonds. The van der Waals surface area contributed by atoms with Gasteiger partial charge in [-0.2, -0.15) is 0 Å². The molecule has 130 valence electrons. The number of aryl methyl sites for hydroxylation is 2. The van der Waals surface area contributed by atoms with Gasteiger partial charge in [-0.15, -0.1) is 22.7 Å². The maximum absolute atomic E-state index is 12.1. The monoisotopic (exact) mass is 376 g/mol. The van der Waals surface area contributed by atoms with Crippen LogP contribution in [0.3, 0.4) is 0 Å². The molecule has 9 heteroatoms. The number of hydrogen-bond acceptors (Lipinski definition) is 7. The Balaban J connectivity index is 1.52. The van der Waals surface area contributed by atoms with E-state index in [2.05, 4.69) is 20.6 Å². The minimum absolute atomic E-state index is 0.125. The molecule has 25 heavy (non-hydrogen) atoms. The third kappa shape index (κ3) is 4.52. The molecule has 3 heterocycles. The SMILES string of the molecule is Cc1ncc(CNC(=O)Cc2csc(NC(=O)c3ccoc3C)n2)s1. The number of hydrogen-bond donors (Lipinski definition) is 2. The first-order valence-electron chi connectivity index (χ1n) is 7.49. The highest BCUT2D eigenvalue weighted by Gasteiger charge is 2.14. The van der Waals surface area contributed by atoms with Crippen LogP contribution in [0.15, 0.2) is 28.3 Å². The second-order valence-electron chi connectivity index (χ2n) is 5.29. The Labute approximate surface area is 152 Å². The second kappa shape index (κ2) is 7.58. The fourth-order valence-electron chi connectivity index (χ4n) is 2.13. The molecular formula is C16H16N4O3S2. The topological polar surface area (TPSA) is 97.1 Å². The van der Waals surface area contributed by atoms with Crippen molar-refractivity contribution in [3.63, 3.8) is 0 Å². The van der Waals surface area contributed by atoms with Gasteiger partial charge in [-0.1, -0.05) is 0 Å². The molecule has 0 aliphatic rings. The molecule has 0 saturated heterocycles. The molecule has 0 atom stereocenters. The van der Waals surface area contributed by atoms with E-state index in [0.29, 0.717) is 28.7 Å². The lowest BCUT2D eigenvalue weighted by Gasteiger charge is -2.01. The molecule has 7 nitrogen and oxygen atoms in total. The molecule has 0 unspecified atom stereocenters. The van der Waals surface area contributed by atoms with E-state index in [9.17, 15) is 9.59 Å². The lowest BCUT2D eigenvalue weighted by Crippen LogP contribution is -2.24. The smallest absolute Gasteiger partial charge is 0.260 e. The number of nitrogens with zero attached hydrogens (tertiary/aromatic N) is 2. The first-order valence-corrected chi connectivity index (χ1v) is 9.18. The minimum atomic E-state index is -0.280. The lowest BCUT2D eigenvalue weighted by atomic mass is 10.2. The number of rotatable bonds is 6. The van der Waals surface area contributed by atoms with Crippen molar-refractivity contribution in [3.05, 3.63) is 50.8 Å². The zero-order valence-electron chi connectivity index (χ0n) is 13.7. The molecule has 0 aliphatic heterocycles. The zero-order chi connectivity index (χ0) is 17.8. The highest BCUT2D eigenvalue weighted by Crippen LogP contribution is 2.18. The van der Waals surface area contributed by atoms with Crippen LogP contribution in [0.1, 0.15) is 31.7 Å². The van der Waals surface area contributed by atoms with Gasteiger partial charge in [0.2, 0.25) is 5.91 Å². The van der Waals surface area contributed by atoms with Crippen LogP contribution in [-0.4, -0.2) is 21.8 Å². The summed E-state index contributed by atoms with van der Waals surface area (Å²) in [6, 6.07) is 1.60. The van der Waals surface area contributed by atoms with E-state index in [0.717, 1.165) is 9.88 Å². The molecule has 2 N–H and O–H groups in total. The quantitative estimate of drug-likeness (QED) is 0.689. The highest BCUT2D eigenvalue weighted by molar-refractivity contribution is 7.14. The van der Waals surface area contributed by atoms with E-state index in [1.54, 1.807) is 35.9 Å². The molecule has 0 spiro atoms.